The van der Waals surface area contributed by atoms with Crippen LogP contribution in [0.15, 0.2) is 41.5 Å². The van der Waals surface area contributed by atoms with E-state index in [1.165, 1.54) is 17.7 Å². The van der Waals surface area contributed by atoms with Gasteiger partial charge in [-0.2, -0.15) is 0 Å². The number of hydrogen-bond donors (Lipinski definition) is 1. The summed E-state index contributed by atoms with van der Waals surface area (Å²) in [6, 6.07) is 9.27. The Balaban J connectivity index is 1.88. The minimum Gasteiger partial charge on any atom is -0.497 e. The molecule has 0 atom stereocenters. The summed E-state index contributed by atoms with van der Waals surface area (Å²) in [5.74, 6) is -0.759. The Morgan fingerprint density at radius 1 is 1.27 bits per heavy atom. The number of fused-ring (bicyclic) bond motifs is 1. The number of ether oxygens (including phenoxy) is 2. The highest BCUT2D eigenvalue weighted by Gasteiger charge is 2.13. The van der Waals surface area contributed by atoms with Crippen LogP contribution in [0.3, 0.4) is 0 Å². The van der Waals surface area contributed by atoms with Crippen molar-refractivity contribution in [1.29, 1.82) is 0 Å². The number of primary amides is 1. The van der Waals surface area contributed by atoms with Gasteiger partial charge < -0.3 is 15.2 Å². The first-order valence-corrected chi connectivity index (χ1v) is 8.37. The average molecular weight is 373 g/mol. The molecule has 2 N–H and O–H groups in total. The van der Waals surface area contributed by atoms with Crippen molar-refractivity contribution in [2.75, 3.05) is 13.7 Å². The minimum absolute atomic E-state index is 0.342. The molecule has 0 spiro atoms. The zero-order chi connectivity index (χ0) is 18.7. The van der Waals surface area contributed by atoms with Crippen LogP contribution in [0.1, 0.15) is 0 Å². The summed E-state index contributed by atoms with van der Waals surface area (Å²) >= 11 is 1.29. The third-order valence-corrected chi connectivity index (χ3v) is 4.71. The highest BCUT2D eigenvalue weighted by molar-refractivity contribution is 7.22. The lowest BCUT2D eigenvalue weighted by Gasteiger charge is -2.04. The molecule has 9 heteroatoms. The fourth-order valence-corrected chi connectivity index (χ4v) is 3.36. The number of nitrogens with two attached hydrogens (primary N) is 1. The van der Waals surface area contributed by atoms with Crippen LogP contribution in [-0.2, 0) is 20.9 Å². The van der Waals surface area contributed by atoms with Crippen molar-refractivity contribution >= 4 is 33.4 Å². The molecule has 0 aliphatic heterocycles. The number of rotatable bonds is 6. The van der Waals surface area contributed by atoms with Crippen molar-refractivity contribution in [2.24, 2.45) is 5.73 Å². The molecule has 2 heterocycles. The van der Waals surface area contributed by atoms with Gasteiger partial charge in [-0.1, -0.05) is 0 Å². The lowest BCUT2D eigenvalue weighted by molar-refractivity contribution is -0.148. The van der Waals surface area contributed by atoms with E-state index in [1.807, 2.05) is 30.3 Å². The molecular formula is C17H15N3O5S. The molecule has 1 amide bonds. The molecule has 3 rings (SSSR count). The maximum atomic E-state index is 12.6. The number of hydrogen-bond acceptors (Lipinski definition) is 7. The van der Waals surface area contributed by atoms with E-state index in [0.717, 1.165) is 20.8 Å². The van der Waals surface area contributed by atoms with Crippen LogP contribution in [0, 0.1) is 0 Å². The van der Waals surface area contributed by atoms with Crippen LogP contribution in [0.25, 0.3) is 20.7 Å². The van der Waals surface area contributed by atoms with Crippen LogP contribution >= 0.6 is 11.3 Å². The van der Waals surface area contributed by atoms with E-state index in [4.69, 9.17) is 10.5 Å². The first kappa shape index (κ1) is 17.6. The summed E-state index contributed by atoms with van der Waals surface area (Å²) in [7, 11) is 1.59. The van der Waals surface area contributed by atoms with Crippen molar-refractivity contribution in [1.82, 2.24) is 9.55 Å². The zero-order valence-electron chi connectivity index (χ0n) is 13.8. The number of benzene rings is 1. The molecule has 2 aromatic heterocycles. The van der Waals surface area contributed by atoms with Crippen LogP contribution < -0.4 is 16.0 Å². The van der Waals surface area contributed by atoms with Crippen LogP contribution in [0.2, 0.25) is 0 Å². The molecule has 0 saturated heterocycles. The van der Waals surface area contributed by atoms with Crippen molar-refractivity contribution in [3.63, 3.8) is 0 Å². The number of aromatic nitrogens is 2. The molecule has 0 fully saturated rings. The number of nitrogens with zero attached hydrogens (tertiary/aromatic N) is 2. The fourth-order valence-electron chi connectivity index (χ4n) is 2.29. The van der Waals surface area contributed by atoms with E-state index in [1.54, 1.807) is 7.11 Å². The van der Waals surface area contributed by atoms with Crippen molar-refractivity contribution in [3.05, 3.63) is 47.0 Å². The van der Waals surface area contributed by atoms with Gasteiger partial charge in [-0.15, -0.1) is 11.3 Å². The topological polar surface area (TPSA) is 114 Å². The lowest BCUT2D eigenvalue weighted by Crippen LogP contribution is -2.27. The average Bonchev–Trinajstić information content (AvgIpc) is 3.07. The second-order valence-electron chi connectivity index (χ2n) is 5.36. The first-order valence-electron chi connectivity index (χ1n) is 7.55. The predicted octanol–water partition coefficient (Wildman–Crippen LogP) is 1.16. The number of esters is 1. The van der Waals surface area contributed by atoms with E-state index in [9.17, 15) is 14.4 Å². The van der Waals surface area contributed by atoms with E-state index in [-0.39, 0.29) is 12.1 Å². The van der Waals surface area contributed by atoms with E-state index < -0.39 is 18.5 Å². The summed E-state index contributed by atoms with van der Waals surface area (Å²) in [5.41, 5.74) is 6.04. The van der Waals surface area contributed by atoms with Gasteiger partial charge in [-0.05, 0) is 35.9 Å². The maximum absolute atomic E-state index is 12.6. The minimum atomic E-state index is -0.762. The lowest BCUT2D eigenvalue weighted by atomic mass is 10.2. The molecular weight excluding hydrogens is 358 g/mol. The van der Waals surface area contributed by atoms with Gasteiger partial charge in [0.25, 0.3) is 11.5 Å². The Morgan fingerprint density at radius 3 is 2.65 bits per heavy atom. The van der Waals surface area contributed by atoms with Gasteiger partial charge in [-0.25, -0.2) is 4.98 Å². The molecule has 0 unspecified atom stereocenters. The van der Waals surface area contributed by atoms with Crippen LogP contribution in [-0.4, -0.2) is 35.1 Å². The normalized spacial score (nSPS) is 10.7. The summed E-state index contributed by atoms with van der Waals surface area (Å²) in [5, 5.41) is 0. The van der Waals surface area contributed by atoms with Gasteiger partial charge in [-0.3, -0.25) is 19.0 Å². The van der Waals surface area contributed by atoms with Crippen molar-refractivity contribution in [3.8, 4) is 16.2 Å². The van der Waals surface area contributed by atoms with Gasteiger partial charge in [0, 0.05) is 4.88 Å². The Kier molecular flexibility index (Phi) is 4.99. The Labute approximate surface area is 151 Å². The van der Waals surface area contributed by atoms with Gasteiger partial charge >= 0.3 is 5.97 Å². The third-order valence-electron chi connectivity index (χ3n) is 3.55. The molecule has 3 aromatic rings. The zero-order valence-corrected chi connectivity index (χ0v) is 14.6. The largest absolute Gasteiger partial charge is 0.497 e. The number of carbonyl (C=O) groups excluding carboxylic acids is 2. The first-order chi connectivity index (χ1) is 12.5. The van der Waals surface area contributed by atoms with Gasteiger partial charge in [0.1, 0.15) is 17.0 Å². The third kappa shape index (κ3) is 3.72. The molecule has 0 bridgehead atoms. The molecule has 0 saturated carbocycles. The van der Waals surface area contributed by atoms with Gasteiger partial charge in [0.15, 0.2) is 6.61 Å². The summed E-state index contributed by atoms with van der Waals surface area (Å²) in [4.78, 5) is 40.0. The van der Waals surface area contributed by atoms with E-state index in [0.29, 0.717) is 10.2 Å². The molecule has 26 heavy (non-hydrogen) atoms. The molecule has 1 aromatic carbocycles. The van der Waals surface area contributed by atoms with Crippen LogP contribution in [0.4, 0.5) is 0 Å². The Hall–Kier alpha value is -3.20. The molecule has 134 valence electrons. The Bertz CT molecular complexity index is 1020. The number of carbonyl (C=O) groups is 2. The van der Waals surface area contributed by atoms with Crippen LogP contribution in [0.5, 0.6) is 5.75 Å². The number of methoxy groups -OCH3 is 1. The highest BCUT2D eigenvalue weighted by Crippen LogP contribution is 2.31. The summed E-state index contributed by atoms with van der Waals surface area (Å²) in [6.07, 6.45) is 1.28. The number of amides is 1. The summed E-state index contributed by atoms with van der Waals surface area (Å²) in [6.45, 7) is -0.866. The van der Waals surface area contributed by atoms with Crippen molar-refractivity contribution < 1.29 is 19.1 Å². The highest BCUT2D eigenvalue weighted by atomic mass is 32.1. The fraction of sp³-hybridized carbons (Fsp3) is 0.176. The number of thiophene rings is 1. The quantitative estimate of drug-likeness (QED) is 0.649. The summed E-state index contributed by atoms with van der Waals surface area (Å²) < 4.78 is 11.4. The second-order valence-corrected chi connectivity index (χ2v) is 6.41. The second kappa shape index (κ2) is 7.36. The molecule has 0 aliphatic rings. The smallest absolute Gasteiger partial charge is 0.326 e. The Morgan fingerprint density at radius 2 is 2.00 bits per heavy atom. The van der Waals surface area contributed by atoms with Crippen molar-refractivity contribution in [2.45, 2.75) is 6.54 Å². The standard InChI is InChI=1S/C17H15N3O5S/c1-24-11-4-2-10(3-5-11)13-6-12-16(26-13)17(23)20(9-19-12)7-15(22)25-8-14(18)21/h2-6,9H,7-8H2,1H3,(H2,18,21). The van der Waals surface area contributed by atoms with E-state index in [2.05, 4.69) is 9.72 Å². The maximum Gasteiger partial charge on any atom is 0.326 e. The van der Waals surface area contributed by atoms with E-state index >= 15 is 0 Å². The van der Waals surface area contributed by atoms with Gasteiger partial charge in [0.05, 0.1) is 19.0 Å². The van der Waals surface area contributed by atoms with Gasteiger partial charge in [0.2, 0.25) is 0 Å². The molecule has 8 nitrogen and oxygen atoms in total. The molecule has 0 aliphatic carbocycles. The predicted molar refractivity (Wildman–Crippen MR) is 96.0 cm³/mol. The monoisotopic (exact) mass is 373 g/mol. The molecule has 0 radical (unpaired) electrons. The SMILES string of the molecule is COc1ccc(-c2cc3ncn(CC(=O)OCC(N)=O)c(=O)c3s2)cc1.